The predicted octanol–water partition coefficient (Wildman–Crippen LogP) is 3.06. The van der Waals surface area contributed by atoms with Gasteiger partial charge in [0.15, 0.2) is 23.3 Å². The summed E-state index contributed by atoms with van der Waals surface area (Å²) >= 11 is 0. The second-order valence-corrected chi connectivity index (χ2v) is 7.30. The van der Waals surface area contributed by atoms with E-state index in [1.165, 1.54) is 17.3 Å². The first-order valence-corrected chi connectivity index (χ1v) is 9.92. The number of rotatable bonds is 3. The molecule has 1 N–H and O–H groups in total. The quantitative estimate of drug-likeness (QED) is 0.445. The number of nitrogens with zero attached hydrogens (tertiary/aromatic N) is 6. The van der Waals surface area contributed by atoms with Crippen LogP contribution in [0.4, 0.5) is 8.78 Å². The Balaban J connectivity index is 1.42. The maximum Gasteiger partial charge on any atom is 0.312 e. The van der Waals surface area contributed by atoms with Gasteiger partial charge in [-0.1, -0.05) is 6.07 Å². The number of oxazole rings is 1. The SMILES string of the molecule is O=C(c1nnc(-c2ccccn2)o1)N1CCc2[nH]cnc2[C@H]1c1nc2c(F)c(F)ccc2o1. The number of amides is 1. The van der Waals surface area contributed by atoms with Crippen molar-refractivity contribution in [2.45, 2.75) is 12.5 Å². The molecule has 5 aromatic rings. The summed E-state index contributed by atoms with van der Waals surface area (Å²) in [7, 11) is 0. The molecule has 0 spiro atoms. The van der Waals surface area contributed by atoms with Gasteiger partial charge in [0.1, 0.15) is 11.2 Å². The van der Waals surface area contributed by atoms with Crippen LogP contribution in [0, 0.1) is 11.6 Å². The normalized spacial score (nSPS) is 15.7. The van der Waals surface area contributed by atoms with E-state index in [2.05, 4.69) is 30.1 Å². The number of aromatic amines is 1. The van der Waals surface area contributed by atoms with Gasteiger partial charge in [-0.15, -0.1) is 10.2 Å². The van der Waals surface area contributed by atoms with E-state index in [0.29, 0.717) is 17.8 Å². The molecule has 0 saturated carbocycles. The molecule has 1 aliphatic heterocycles. The number of pyridine rings is 1. The molecular formula is C21H13F2N7O3. The van der Waals surface area contributed by atoms with E-state index < -0.39 is 23.6 Å². The highest BCUT2D eigenvalue weighted by atomic mass is 19.2. The monoisotopic (exact) mass is 449 g/mol. The van der Waals surface area contributed by atoms with E-state index in [-0.39, 0.29) is 35.3 Å². The van der Waals surface area contributed by atoms with E-state index in [1.54, 1.807) is 24.4 Å². The summed E-state index contributed by atoms with van der Waals surface area (Å²) in [6.07, 6.45) is 3.53. The minimum atomic E-state index is -1.13. The maximum atomic E-state index is 14.3. The van der Waals surface area contributed by atoms with Crippen LogP contribution in [0.2, 0.25) is 0 Å². The van der Waals surface area contributed by atoms with Crippen LogP contribution < -0.4 is 0 Å². The Bertz CT molecular complexity index is 1490. The second-order valence-electron chi connectivity index (χ2n) is 7.30. The molecule has 0 unspecified atom stereocenters. The fourth-order valence-electron chi connectivity index (χ4n) is 3.84. The van der Waals surface area contributed by atoms with E-state index in [0.717, 1.165) is 11.8 Å². The third kappa shape index (κ3) is 3.06. The number of H-pyrrole nitrogens is 1. The number of imidazole rings is 1. The summed E-state index contributed by atoms with van der Waals surface area (Å²) in [6, 6.07) is 6.49. The van der Waals surface area contributed by atoms with Crippen LogP contribution in [-0.4, -0.2) is 47.5 Å². The first-order valence-electron chi connectivity index (χ1n) is 9.92. The second kappa shape index (κ2) is 7.29. The standard InChI is InChI=1S/C21H13F2N7O3/c22-10-4-5-13-16(14(10)23)27-19(32-13)17-15-11(25-9-26-15)6-8-30(17)21(31)20-29-28-18(33-20)12-3-1-2-7-24-12/h1-5,7,9,17H,6,8H2,(H,25,26)/t17-/m0/s1. The Morgan fingerprint density at radius 1 is 1.12 bits per heavy atom. The van der Waals surface area contributed by atoms with E-state index in [4.69, 9.17) is 8.83 Å². The van der Waals surface area contributed by atoms with Gasteiger partial charge in [-0.3, -0.25) is 9.78 Å². The summed E-state index contributed by atoms with van der Waals surface area (Å²) in [6.45, 7) is 0.246. The number of halogens is 2. The average Bonchev–Trinajstić information content (AvgIpc) is 3.60. The highest BCUT2D eigenvalue weighted by molar-refractivity contribution is 5.90. The molecule has 1 atom stereocenters. The van der Waals surface area contributed by atoms with Crippen molar-refractivity contribution in [3.05, 3.63) is 77.7 Å². The van der Waals surface area contributed by atoms with Crippen LogP contribution in [-0.2, 0) is 6.42 Å². The Hall–Kier alpha value is -4.48. The van der Waals surface area contributed by atoms with Gasteiger partial charge < -0.3 is 18.7 Å². The fourth-order valence-corrected chi connectivity index (χ4v) is 3.84. The largest absolute Gasteiger partial charge is 0.438 e. The van der Waals surface area contributed by atoms with Gasteiger partial charge in [-0.05, 0) is 24.3 Å². The molecule has 12 heteroatoms. The lowest BCUT2D eigenvalue weighted by Gasteiger charge is -2.31. The molecule has 5 heterocycles. The van der Waals surface area contributed by atoms with Crippen molar-refractivity contribution >= 4 is 17.0 Å². The van der Waals surface area contributed by atoms with Crippen molar-refractivity contribution in [2.75, 3.05) is 6.54 Å². The number of benzene rings is 1. The van der Waals surface area contributed by atoms with Gasteiger partial charge in [-0.2, -0.15) is 0 Å². The lowest BCUT2D eigenvalue weighted by atomic mass is 10.0. The third-order valence-corrected chi connectivity index (χ3v) is 5.38. The van der Waals surface area contributed by atoms with Crippen molar-refractivity contribution in [1.29, 1.82) is 0 Å². The Kier molecular flexibility index (Phi) is 4.25. The molecule has 10 nitrogen and oxygen atoms in total. The van der Waals surface area contributed by atoms with Crippen LogP contribution in [0.1, 0.15) is 34.0 Å². The Labute approximate surface area is 183 Å². The van der Waals surface area contributed by atoms with Gasteiger partial charge >= 0.3 is 11.8 Å². The maximum absolute atomic E-state index is 14.3. The molecule has 1 aromatic carbocycles. The van der Waals surface area contributed by atoms with E-state index in [1.807, 2.05) is 0 Å². The van der Waals surface area contributed by atoms with Crippen LogP contribution in [0.3, 0.4) is 0 Å². The molecule has 4 aromatic heterocycles. The summed E-state index contributed by atoms with van der Waals surface area (Å²) in [5, 5.41) is 7.78. The molecule has 0 saturated heterocycles. The van der Waals surface area contributed by atoms with Gasteiger partial charge in [0.05, 0.1) is 12.0 Å². The van der Waals surface area contributed by atoms with Crippen LogP contribution >= 0.6 is 0 Å². The van der Waals surface area contributed by atoms with Gasteiger partial charge in [0, 0.05) is 24.9 Å². The molecule has 0 aliphatic carbocycles. The van der Waals surface area contributed by atoms with Gasteiger partial charge in [0.2, 0.25) is 5.89 Å². The number of carbonyl (C=O) groups excluding carboxylic acids is 1. The number of nitrogens with one attached hydrogen (secondary N) is 1. The molecule has 0 fully saturated rings. The number of carbonyl (C=O) groups is 1. The lowest BCUT2D eigenvalue weighted by Crippen LogP contribution is -2.41. The van der Waals surface area contributed by atoms with Crippen LogP contribution in [0.25, 0.3) is 22.7 Å². The fraction of sp³-hybridized carbons (Fsp3) is 0.143. The van der Waals surface area contributed by atoms with Crippen molar-refractivity contribution in [1.82, 2.24) is 35.0 Å². The highest BCUT2D eigenvalue weighted by Crippen LogP contribution is 2.36. The van der Waals surface area contributed by atoms with Gasteiger partial charge in [-0.25, -0.2) is 18.7 Å². The molecule has 0 bridgehead atoms. The Morgan fingerprint density at radius 3 is 2.88 bits per heavy atom. The summed E-state index contributed by atoms with van der Waals surface area (Å²) in [5.41, 5.74) is 1.46. The zero-order valence-electron chi connectivity index (χ0n) is 16.7. The molecule has 1 aliphatic rings. The van der Waals surface area contributed by atoms with Crippen molar-refractivity contribution in [3.8, 4) is 11.6 Å². The highest BCUT2D eigenvalue weighted by Gasteiger charge is 2.40. The molecule has 33 heavy (non-hydrogen) atoms. The number of fused-ring (bicyclic) bond motifs is 2. The van der Waals surface area contributed by atoms with E-state index in [9.17, 15) is 13.6 Å². The molecule has 164 valence electrons. The zero-order chi connectivity index (χ0) is 22.5. The first kappa shape index (κ1) is 19.2. The lowest BCUT2D eigenvalue weighted by molar-refractivity contribution is 0.0627. The molecule has 6 rings (SSSR count). The van der Waals surface area contributed by atoms with Crippen molar-refractivity contribution in [2.24, 2.45) is 0 Å². The average molecular weight is 449 g/mol. The van der Waals surface area contributed by atoms with Crippen LogP contribution in [0.15, 0.2) is 51.7 Å². The number of aromatic nitrogens is 6. The Morgan fingerprint density at radius 2 is 2.03 bits per heavy atom. The van der Waals surface area contributed by atoms with Crippen molar-refractivity contribution in [3.63, 3.8) is 0 Å². The molecule has 1 amide bonds. The summed E-state index contributed by atoms with van der Waals surface area (Å²) in [5.74, 6) is -2.94. The zero-order valence-corrected chi connectivity index (χ0v) is 16.7. The van der Waals surface area contributed by atoms with Gasteiger partial charge in [0.25, 0.3) is 5.89 Å². The smallest absolute Gasteiger partial charge is 0.312 e. The number of hydrogen-bond donors (Lipinski definition) is 1. The minimum Gasteiger partial charge on any atom is -0.438 e. The summed E-state index contributed by atoms with van der Waals surface area (Å²) < 4.78 is 39.2. The number of hydrogen-bond acceptors (Lipinski definition) is 8. The third-order valence-electron chi connectivity index (χ3n) is 5.38. The first-order chi connectivity index (χ1) is 16.1. The van der Waals surface area contributed by atoms with E-state index >= 15 is 0 Å². The van der Waals surface area contributed by atoms with Crippen LogP contribution in [0.5, 0.6) is 0 Å². The topological polar surface area (TPSA) is 127 Å². The molecular weight excluding hydrogens is 436 g/mol. The van der Waals surface area contributed by atoms with Crippen molar-refractivity contribution < 1.29 is 22.4 Å². The molecule has 0 radical (unpaired) electrons. The summed E-state index contributed by atoms with van der Waals surface area (Å²) in [4.78, 5) is 30.4. The minimum absolute atomic E-state index is 0.0136. The predicted molar refractivity (Wildman–Crippen MR) is 107 cm³/mol.